The topological polar surface area (TPSA) is 15.3 Å². The molecule has 1 saturated carbocycles. The van der Waals surface area contributed by atoms with Gasteiger partial charge in [-0.1, -0.05) is 30.3 Å². The third-order valence-electron chi connectivity index (χ3n) is 3.43. The van der Waals surface area contributed by atoms with Gasteiger partial charge in [-0.2, -0.15) is 0 Å². The van der Waals surface area contributed by atoms with E-state index in [1.807, 2.05) is 0 Å². The Bertz CT molecular complexity index is 306. The second-order valence-electron chi connectivity index (χ2n) is 4.86. The predicted octanol–water partition coefficient (Wildman–Crippen LogP) is 2.26. The van der Waals surface area contributed by atoms with E-state index in [1.165, 1.54) is 18.4 Å². The van der Waals surface area contributed by atoms with Crippen molar-refractivity contribution in [1.29, 1.82) is 0 Å². The fourth-order valence-electron chi connectivity index (χ4n) is 2.01. The molecule has 1 aromatic carbocycles. The molecule has 1 aliphatic carbocycles. The van der Waals surface area contributed by atoms with Crippen LogP contribution in [-0.4, -0.2) is 30.6 Å². The molecule has 0 heterocycles. The van der Waals surface area contributed by atoms with Crippen molar-refractivity contribution in [3.8, 4) is 0 Å². The summed E-state index contributed by atoms with van der Waals surface area (Å²) in [6.45, 7) is 4.35. The van der Waals surface area contributed by atoms with Crippen LogP contribution in [-0.2, 0) is 6.54 Å². The lowest BCUT2D eigenvalue weighted by atomic mass is 10.2. The van der Waals surface area contributed by atoms with Crippen LogP contribution in [0.5, 0.6) is 0 Å². The van der Waals surface area contributed by atoms with Gasteiger partial charge in [0, 0.05) is 25.2 Å². The molecule has 16 heavy (non-hydrogen) atoms. The largest absolute Gasteiger partial charge is 0.311 e. The minimum atomic E-state index is 0.635. The fraction of sp³-hybridized carbons (Fsp3) is 0.571. The molecule has 1 fully saturated rings. The van der Waals surface area contributed by atoms with Crippen LogP contribution < -0.4 is 5.32 Å². The monoisotopic (exact) mass is 218 g/mol. The Kier molecular flexibility index (Phi) is 3.97. The van der Waals surface area contributed by atoms with Gasteiger partial charge < -0.3 is 5.32 Å². The van der Waals surface area contributed by atoms with Crippen molar-refractivity contribution >= 4 is 0 Å². The minimum Gasteiger partial charge on any atom is -0.311 e. The number of likely N-dealkylation sites (N-methyl/N-ethyl adjacent to an activating group) is 1. The van der Waals surface area contributed by atoms with Crippen LogP contribution >= 0.6 is 0 Å². The molecule has 0 aromatic heterocycles. The van der Waals surface area contributed by atoms with Gasteiger partial charge in [-0.15, -0.1) is 0 Å². The van der Waals surface area contributed by atoms with Gasteiger partial charge in [0.15, 0.2) is 0 Å². The highest BCUT2D eigenvalue weighted by atomic mass is 15.2. The molecular formula is C14H22N2. The van der Waals surface area contributed by atoms with E-state index in [0.29, 0.717) is 6.04 Å². The van der Waals surface area contributed by atoms with Crippen molar-refractivity contribution in [3.63, 3.8) is 0 Å². The Morgan fingerprint density at radius 2 is 2.00 bits per heavy atom. The molecule has 88 valence electrons. The smallest absolute Gasteiger partial charge is 0.0206 e. The van der Waals surface area contributed by atoms with E-state index in [9.17, 15) is 0 Å². The molecule has 0 saturated heterocycles. The van der Waals surface area contributed by atoms with E-state index >= 15 is 0 Å². The van der Waals surface area contributed by atoms with Gasteiger partial charge in [0.05, 0.1) is 0 Å². The maximum absolute atomic E-state index is 3.52. The summed E-state index contributed by atoms with van der Waals surface area (Å²) in [5, 5.41) is 3.52. The number of hydrogen-bond donors (Lipinski definition) is 1. The molecule has 2 nitrogen and oxygen atoms in total. The first kappa shape index (κ1) is 11.6. The molecule has 1 unspecified atom stereocenters. The molecule has 0 radical (unpaired) electrons. The van der Waals surface area contributed by atoms with E-state index in [1.54, 1.807) is 0 Å². The van der Waals surface area contributed by atoms with Gasteiger partial charge in [-0.25, -0.2) is 0 Å². The lowest BCUT2D eigenvalue weighted by Gasteiger charge is -2.24. The number of nitrogens with one attached hydrogen (secondary N) is 1. The molecule has 0 spiro atoms. The summed E-state index contributed by atoms with van der Waals surface area (Å²) in [4.78, 5) is 2.50. The third-order valence-corrected chi connectivity index (χ3v) is 3.43. The molecule has 2 heteroatoms. The average molecular weight is 218 g/mol. The van der Waals surface area contributed by atoms with Gasteiger partial charge in [0.25, 0.3) is 0 Å². The summed E-state index contributed by atoms with van der Waals surface area (Å²) >= 11 is 0. The fourth-order valence-corrected chi connectivity index (χ4v) is 2.01. The van der Waals surface area contributed by atoms with Crippen molar-refractivity contribution in [2.45, 2.75) is 38.4 Å². The van der Waals surface area contributed by atoms with Gasteiger partial charge in [0.1, 0.15) is 0 Å². The van der Waals surface area contributed by atoms with Gasteiger partial charge >= 0.3 is 0 Å². The second kappa shape index (κ2) is 5.46. The lowest BCUT2D eigenvalue weighted by Crippen LogP contribution is -2.38. The van der Waals surface area contributed by atoms with E-state index in [0.717, 1.165) is 19.1 Å². The lowest BCUT2D eigenvalue weighted by molar-refractivity contribution is 0.241. The Morgan fingerprint density at radius 1 is 1.31 bits per heavy atom. The normalized spacial score (nSPS) is 17.7. The Labute approximate surface area is 98.7 Å². The number of nitrogens with zero attached hydrogens (tertiary/aromatic N) is 1. The number of rotatable bonds is 6. The maximum Gasteiger partial charge on any atom is 0.0206 e. The molecule has 1 aromatic rings. The van der Waals surface area contributed by atoms with Crippen molar-refractivity contribution in [2.75, 3.05) is 13.6 Å². The highest BCUT2D eigenvalue weighted by molar-refractivity contribution is 5.14. The summed E-state index contributed by atoms with van der Waals surface area (Å²) < 4.78 is 0. The van der Waals surface area contributed by atoms with Crippen molar-refractivity contribution in [2.24, 2.45) is 0 Å². The van der Waals surface area contributed by atoms with Crippen LogP contribution in [0.3, 0.4) is 0 Å². The second-order valence-corrected chi connectivity index (χ2v) is 4.86. The molecule has 0 amide bonds. The number of benzene rings is 1. The van der Waals surface area contributed by atoms with Crippen molar-refractivity contribution in [1.82, 2.24) is 10.2 Å². The molecule has 0 aliphatic heterocycles. The Morgan fingerprint density at radius 3 is 2.62 bits per heavy atom. The van der Waals surface area contributed by atoms with Gasteiger partial charge in [0.2, 0.25) is 0 Å². The molecular weight excluding hydrogens is 196 g/mol. The Hall–Kier alpha value is -0.860. The van der Waals surface area contributed by atoms with Gasteiger partial charge in [-0.05, 0) is 32.4 Å². The first-order valence-corrected chi connectivity index (χ1v) is 6.24. The average Bonchev–Trinajstić information content (AvgIpc) is 3.13. The molecule has 1 atom stereocenters. The zero-order valence-electron chi connectivity index (χ0n) is 10.3. The standard InChI is InChI=1S/C14H22N2/c1-12(16(2)14-8-9-14)10-15-11-13-6-4-3-5-7-13/h3-7,12,14-15H,8-11H2,1-2H3. The highest BCUT2D eigenvalue weighted by Crippen LogP contribution is 2.26. The van der Waals surface area contributed by atoms with E-state index < -0.39 is 0 Å². The SMILES string of the molecule is CC(CNCc1ccccc1)N(C)C1CC1. The first-order valence-electron chi connectivity index (χ1n) is 6.24. The number of hydrogen-bond acceptors (Lipinski definition) is 2. The summed E-state index contributed by atoms with van der Waals surface area (Å²) in [5.74, 6) is 0. The predicted molar refractivity (Wildman–Crippen MR) is 68.4 cm³/mol. The molecule has 1 aliphatic rings. The zero-order valence-corrected chi connectivity index (χ0v) is 10.3. The van der Waals surface area contributed by atoms with Crippen LogP contribution in [0.25, 0.3) is 0 Å². The van der Waals surface area contributed by atoms with Crippen LogP contribution in [0.2, 0.25) is 0 Å². The summed E-state index contributed by atoms with van der Waals surface area (Å²) in [6, 6.07) is 12.1. The Balaban J connectivity index is 1.67. The maximum atomic E-state index is 3.52. The summed E-state index contributed by atoms with van der Waals surface area (Å²) in [7, 11) is 2.24. The van der Waals surface area contributed by atoms with Gasteiger partial charge in [-0.3, -0.25) is 4.90 Å². The third kappa shape index (κ3) is 3.32. The first-order chi connectivity index (χ1) is 7.77. The molecule has 1 N–H and O–H groups in total. The molecule has 0 bridgehead atoms. The van der Waals surface area contributed by atoms with E-state index in [2.05, 4.69) is 54.5 Å². The van der Waals surface area contributed by atoms with E-state index in [4.69, 9.17) is 0 Å². The van der Waals surface area contributed by atoms with Crippen LogP contribution in [0.4, 0.5) is 0 Å². The highest BCUT2D eigenvalue weighted by Gasteiger charge is 2.28. The zero-order chi connectivity index (χ0) is 11.4. The summed E-state index contributed by atoms with van der Waals surface area (Å²) in [5.41, 5.74) is 1.36. The molecule has 2 rings (SSSR count). The van der Waals surface area contributed by atoms with E-state index in [-0.39, 0.29) is 0 Å². The van der Waals surface area contributed by atoms with Crippen LogP contribution in [0.15, 0.2) is 30.3 Å². The van der Waals surface area contributed by atoms with Crippen LogP contribution in [0.1, 0.15) is 25.3 Å². The summed E-state index contributed by atoms with van der Waals surface area (Å²) in [6.07, 6.45) is 2.78. The van der Waals surface area contributed by atoms with Crippen molar-refractivity contribution < 1.29 is 0 Å². The van der Waals surface area contributed by atoms with Crippen molar-refractivity contribution in [3.05, 3.63) is 35.9 Å². The minimum absolute atomic E-state index is 0.635. The van der Waals surface area contributed by atoms with Crippen LogP contribution in [0, 0.1) is 0 Å². The quantitative estimate of drug-likeness (QED) is 0.788.